The van der Waals surface area contributed by atoms with Gasteiger partial charge >= 0.3 is 5.97 Å². The summed E-state index contributed by atoms with van der Waals surface area (Å²) < 4.78 is 23.4. The van der Waals surface area contributed by atoms with Crippen LogP contribution in [0.3, 0.4) is 0 Å². The predicted molar refractivity (Wildman–Crippen MR) is 70.4 cm³/mol. The van der Waals surface area contributed by atoms with Crippen molar-refractivity contribution in [3.05, 3.63) is 0 Å². The minimum Gasteiger partial charge on any atom is -0.481 e. The molecule has 1 aliphatic heterocycles. The van der Waals surface area contributed by atoms with Gasteiger partial charge in [-0.05, 0) is 18.8 Å². The third-order valence-electron chi connectivity index (χ3n) is 3.13. The fourth-order valence-electron chi connectivity index (χ4n) is 2.22. The fraction of sp³-hybridized carbons (Fsp3) is 0.833. The smallest absolute Gasteiger partial charge is 0.306 e. The summed E-state index contributed by atoms with van der Waals surface area (Å²) in [5.41, 5.74) is 0. The van der Waals surface area contributed by atoms with Gasteiger partial charge in [-0.1, -0.05) is 13.8 Å². The molecular formula is C12H21NO5S. The van der Waals surface area contributed by atoms with Crippen LogP contribution >= 0.6 is 0 Å². The molecule has 0 aromatic heterocycles. The summed E-state index contributed by atoms with van der Waals surface area (Å²) in [6.07, 6.45) is 0.788. The second-order valence-electron chi connectivity index (χ2n) is 5.44. The molecule has 1 rings (SSSR count). The molecule has 0 aliphatic carbocycles. The van der Waals surface area contributed by atoms with E-state index in [1.54, 1.807) is 13.8 Å². The summed E-state index contributed by atoms with van der Waals surface area (Å²) in [4.78, 5) is 24.1. The summed E-state index contributed by atoms with van der Waals surface area (Å²) in [6, 6.07) is 0. The number of aliphatic carboxylic acids is 1. The van der Waals surface area contributed by atoms with E-state index in [1.165, 1.54) is 4.90 Å². The van der Waals surface area contributed by atoms with Crippen molar-refractivity contribution in [2.45, 2.75) is 26.7 Å². The minimum atomic E-state index is -3.37. The van der Waals surface area contributed by atoms with E-state index in [9.17, 15) is 18.0 Å². The Kier molecular flexibility index (Phi) is 5.34. The highest BCUT2D eigenvalue weighted by Crippen LogP contribution is 2.17. The molecule has 0 unspecified atom stereocenters. The second kappa shape index (κ2) is 6.36. The standard InChI is InChI=1S/C12H21NO5S/c1-9(2)7-19(17,18)8-11(14)13-5-3-10(4-6-13)12(15)16/h9-10H,3-8H2,1-2H3,(H,15,16). The summed E-state index contributed by atoms with van der Waals surface area (Å²) >= 11 is 0. The number of carboxylic acid groups (broad SMARTS) is 1. The van der Waals surface area contributed by atoms with Crippen LogP contribution in [0, 0.1) is 11.8 Å². The van der Waals surface area contributed by atoms with Crippen molar-refractivity contribution in [3.8, 4) is 0 Å². The van der Waals surface area contributed by atoms with Crippen molar-refractivity contribution in [3.63, 3.8) is 0 Å². The number of carbonyl (C=O) groups is 2. The first-order valence-corrected chi connectivity index (χ1v) is 8.24. The highest BCUT2D eigenvalue weighted by Gasteiger charge is 2.29. The van der Waals surface area contributed by atoms with Crippen LogP contribution in [0.25, 0.3) is 0 Å². The van der Waals surface area contributed by atoms with Crippen LogP contribution in [0.4, 0.5) is 0 Å². The molecule has 0 aromatic carbocycles. The zero-order valence-electron chi connectivity index (χ0n) is 11.3. The van der Waals surface area contributed by atoms with Gasteiger partial charge in [0.2, 0.25) is 5.91 Å². The van der Waals surface area contributed by atoms with Crippen LogP contribution in [0.2, 0.25) is 0 Å². The molecular weight excluding hydrogens is 270 g/mol. The molecule has 1 amide bonds. The normalized spacial score (nSPS) is 17.7. The van der Waals surface area contributed by atoms with Gasteiger partial charge in [-0.15, -0.1) is 0 Å². The lowest BCUT2D eigenvalue weighted by atomic mass is 9.97. The molecule has 110 valence electrons. The van der Waals surface area contributed by atoms with E-state index in [2.05, 4.69) is 0 Å². The highest BCUT2D eigenvalue weighted by atomic mass is 32.2. The summed E-state index contributed by atoms with van der Waals surface area (Å²) in [5.74, 6) is -2.15. The quantitative estimate of drug-likeness (QED) is 0.790. The van der Waals surface area contributed by atoms with Crippen molar-refractivity contribution in [2.75, 3.05) is 24.6 Å². The predicted octanol–water partition coefficient (Wildman–Crippen LogP) is 0.380. The summed E-state index contributed by atoms with van der Waals surface area (Å²) in [6.45, 7) is 4.24. The van der Waals surface area contributed by atoms with Gasteiger partial charge in [-0.25, -0.2) is 8.42 Å². The van der Waals surface area contributed by atoms with Gasteiger partial charge in [0.1, 0.15) is 5.75 Å². The van der Waals surface area contributed by atoms with Gasteiger partial charge in [0, 0.05) is 13.1 Å². The molecule has 0 aromatic rings. The Balaban J connectivity index is 2.50. The van der Waals surface area contributed by atoms with Crippen LogP contribution in [0.5, 0.6) is 0 Å². The zero-order valence-corrected chi connectivity index (χ0v) is 12.1. The van der Waals surface area contributed by atoms with E-state index >= 15 is 0 Å². The first-order valence-electron chi connectivity index (χ1n) is 6.42. The van der Waals surface area contributed by atoms with Crippen molar-refractivity contribution in [1.82, 2.24) is 4.90 Å². The maximum atomic E-state index is 11.9. The number of amides is 1. The van der Waals surface area contributed by atoms with E-state index in [0.29, 0.717) is 25.9 Å². The van der Waals surface area contributed by atoms with E-state index in [1.807, 2.05) is 0 Å². The van der Waals surface area contributed by atoms with Crippen LogP contribution in [-0.4, -0.2) is 54.9 Å². The van der Waals surface area contributed by atoms with Gasteiger partial charge in [0.25, 0.3) is 0 Å². The van der Waals surface area contributed by atoms with Gasteiger partial charge in [-0.3, -0.25) is 9.59 Å². The molecule has 19 heavy (non-hydrogen) atoms. The number of hydrogen-bond donors (Lipinski definition) is 1. The van der Waals surface area contributed by atoms with Crippen molar-refractivity contribution in [2.24, 2.45) is 11.8 Å². The molecule has 1 N–H and O–H groups in total. The lowest BCUT2D eigenvalue weighted by Gasteiger charge is -2.30. The van der Waals surface area contributed by atoms with Crippen LogP contribution in [0.1, 0.15) is 26.7 Å². The number of sulfone groups is 1. The van der Waals surface area contributed by atoms with Crippen LogP contribution in [-0.2, 0) is 19.4 Å². The molecule has 7 heteroatoms. The average molecular weight is 291 g/mol. The Morgan fingerprint density at radius 3 is 2.21 bits per heavy atom. The molecule has 0 bridgehead atoms. The molecule has 6 nitrogen and oxygen atoms in total. The lowest BCUT2D eigenvalue weighted by molar-refractivity contribution is -0.145. The van der Waals surface area contributed by atoms with E-state index in [0.717, 1.165) is 0 Å². The summed E-state index contributed by atoms with van der Waals surface area (Å²) in [7, 11) is -3.37. The van der Waals surface area contributed by atoms with Crippen molar-refractivity contribution >= 4 is 21.7 Å². The zero-order chi connectivity index (χ0) is 14.6. The van der Waals surface area contributed by atoms with Crippen molar-refractivity contribution in [1.29, 1.82) is 0 Å². The van der Waals surface area contributed by atoms with E-state index in [-0.39, 0.29) is 11.7 Å². The SMILES string of the molecule is CC(C)CS(=O)(=O)CC(=O)N1CCC(C(=O)O)CC1. The van der Waals surface area contributed by atoms with Crippen molar-refractivity contribution < 1.29 is 23.1 Å². The van der Waals surface area contributed by atoms with Gasteiger partial charge < -0.3 is 10.0 Å². The Morgan fingerprint density at radius 1 is 1.26 bits per heavy atom. The maximum absolute atomic E-state index is 11.9. The molecule has 0 saturated carbocycles. The molecule has 1 aliphatic rings. The third kappa shape index (κ3) is 5.18. The van der Waals surface area contributed by atoms with Gasteiger partial charge in [0.15, 0.2) is 9.84 Å². The topological polar surface area (TPSA) is 91.8 Å². The van der Waals surface area contributed by atoms with E-state index in [4.69, 9.17) is 5.11 Å². The largest absolute Gasteiger partial charge is 0.481 e. The highest BCUT2D eigenvalue weighted by molar-refractivity contribution is 7.92. The number of piperidine rings is 1. The Hall–Kier alpha value is -1.11. The Morgan fingerprint density at radius 2 is 1.79 bits per heavy atom. The molecule has 0 radical (unpaired) electrons. The lowest BCUT2D eigenvalue weighted by Crippen LogP contribution is -2.43. The molecule has 0 spiro atoms. The summed E-state index contributed by atoms with van der Waals surface area (Å²) in [5, 5.41) is 8.85. The first kappa shape index (κ1) is 15.9. The Bertz CT molecular complexity index is 435. The molecule has 0 atom stereocenters. The number of nitrogens with zero attached hydrogens (tertiary/aromatic N) is 1. The van der Waals surface area contributed by atoms with Gasteiger partial charge in [-0.2, -0.15) is 0 Å². The van der Waals surface area contributed by atoms with E-state index < -0.39 is 33.4 Å². The van der Waals surface area contributed by atoms with Crippen LogP contribution < -0.4 is 0 Å². The maximum Gasteiger partial charge on any atom is 0.306 e. The first-order chi connectivity index (χ1) is 8.71. The number of rotatable bonds is 5. The minimum absolute atomic E-state index is 0.00412. The fourth-order valence-corrected chi connectivity index (χ4v) is 3.91. The van der Waals surface area contributed by atoms with Crippen LogP contribution in [0.15, 0.2) is 0 Å². The number of likely N-dealkylation sites (tertiary alicyclic amines) is 1. The number of carbonyl (C=O) groups excluding carboxylic acids is 1. The molecule has 1 heterocycles. The molecule has 1 saturated heterocycles. The van der Waals surface area contributed by atoms with Gasteiger partial charge in [0.05, 0.1) is 11.7 Å². The number of carboxylic acids is 1. The molecule has 1 fully saturated rings. The average Bonchev–Trinajstić information content (AvgIpc) is 2.26. The Labute approximate surface area is 113 Å². The second-order valence-corrected chi connectivity index (χ2v) is 7.55. The number of hydrogen-bond acceptors (Lipinski definition) is 4. The monoisotopic (exact) mass is 291 g/mol. The third-order valence-corrected chi connectivity index (χ3v) is 4.99.